The molecule has 0 atom stereocenters. The molecule has 0 N–H and O–H groups in total. The summed E-state index contributed by atoms with van der Waals surface area (Å²) in [5.74, 6) is 0.995. The predicted octanol–water partition coefficient (Wildman–Crippen LogP) is 15.4. The van der Waals surface area contributed by atoms with Crippen molar-refractivity contribution in [1.82, 2.24) is 0 Å². The maximum atomic E-state index is 6.49. The smallest absolute Gasteiger partial charge is 0.142 e. The fourth-order valence-corrected chi connectivity index (χ4v) is 9.68. The Balaban J connectivity index is 1.06. The van der Waals surface area contributed by atoms with Crippen molar-refractivity contribution in [3.8, 4) is 33.4 Å². The Hall–Kier alpha value is -6.68. The van der Waals surface area contributed by atoms with Crippen molar-refractivity contribution < 1.29 is 4.42 Å². The molecule has 0 aliphatic heterocycles. The summed E-state index contributed by atoms with van der Waals surface area (Å²) >= 11 is 1.85. The Labute approximate surface area is 323 Å². The van der Waals surface area contributed by atoms with Gasteiger partial charge in [-0.15, -0.1) is 11.3 Å². The molecule has 2 aromatic heterocycles. The fourth-order valence-electron chi connectivity index (χ4n) is 8.55. The standard InChI is InChI=1S/C52H35NOS/c1-2-18-41-34(12-1)13-9-21-42(41)38-16-7-14-36(32-38)37-15-8-17-40(33-37)53(47-24-11-27-50-51(47)46-20-4-6-26-49(46)55-50)39-30-28-35(29-31-39)43-22-10-23-45-44-19-3-5-25-48(44)54-52(43)45/h1-2,4-18,20-33H,3,19H2. The van der Waals surface area contributed by atoms with Gasteiger partial charge in [0.05, 0.1) is 5.69 Å². The van der Waals surface area contributed by atoms with Crippen LogP contribution in [0.15, 0.2) is 186 Å². The lowest BCUT2D eigenvalue weighted by Gasteiger charge is -2.27. The normalized spacial score (nSPS) is 12.5. The fraction of sp³-hybridized carbons (Fsp3) is 0.0385. The average Bonchev–Trinajstić information content (AvgIpc) is 3.83. The van der Waals surface area contributed by atoms with Gasteiger partial charge in [0, 0.05) is 48.1 Å². The minimum Gasteiger partial charge on any atom is -0.456 e. The number of anilines is 3. The van der Waals surface area contributed by atoms with Crippen LogP contribution in [0.2, 0.25) is 0 Å². The first-order chi connectivity index (χ1) is 27.3. The molecule has 2 heterocycles. The van der Waals surface area contributed by atoms with E-state index in [9.17, 15) is 0 Å². The molecule has 0 bridgehead atoms. The van der Waals surface area contributed by atoms with Crippen LogP contribution in [0.25, 0.3) is 81.4 Å². The van der Waals surface area contributed by atoms with Gasteiger partial charge in [0.2, 0.25) is 0 Å². The van der Waals surface area contributed by atoms with E-state index in [1.165, 1.54) is 64.1 Å². The Kier molecular flexibility index (Phi) is 7.53. The molecule has 1 aliphatic rings. The predicted molar refractivity (Wildman–Crippen MR) is 235 cm³/mol. The first-order valence-corrected chi connectivity index (χ1v) is 19.8. The van der Waals surface area contributed by atoms with Gasteiger partial charge in [-0.3, -0.25) is 0 Å². The number of fused-ring (bicyclic) bond motifs is 7. The van der Waals surface area contributed by atoms with Gasteiger partial charge in [-0.25, -0.2) is 0 Å². The molecule has 0 radical (unpaired) electrons. The van der Waals surface area contributed by atoms with Crippen LogP contribution in [0.4, 0.5) is 17.1 Å². The molecule has 260 valence electrons. The Morgan fingerprint density at radius 3 is 2.11 bits per heavy atom. The molecule has 8 aromatic carbocycles. The molecule has 0 amide bonds. The van der Waals surface area contributed by atoms with Crippen molar-refractivity contribution in [2.45, 2.75) is 12.8 Å². The second-order valence-corrected chi connectivity index (χ2v) is 15.4. The van der Waals surface area contributed by atoms with E-state index in [-0.39, 0.29) is 0 Å². The number of benzene rings is 8. The monoisotopic (exact) mass is 721 g/mol. The summed E-state index contributed by atoms with van der Waals surface area (Å²) in [4.78, 5) is 2.43. The molecule has 0 saturated heterocycles. The van der Waals surface area contributed by atoms with E-state index in [4.69, 9.17) is 4.42 Å². The minimum absolute atomic E-state index is 0.969. The molecule has 0 fully saturated rings. The molecular formula is C52H35NOS. The summed E-state index contributed by atoms with van der Waals surface area (Å²) in [6.45, 7) is 0. The third kappa shape index (κ3) is 5.39. The van der Waals surface area contributed by atoms with Crippen molar-refractivity contribution >= 4 is 76.4 Å². The van der Waals surface area contributed by atoms with Gasteiger partial charge >= 0.3 is 0 Å². The molecule has 0 saturated carbocycles. The van der Waals surface area contributed by atoms with Gasteiger partial charge in [-0.1, -0.05) is 133 Å². The van der Waals surface area contributed by atoms with Crippen molar-refractivity contribution in [3.05, 3.63) is 193 Å². The van der Waals surface area contributed by atoms with Crippen molar-refractivity contribution in [3.63, 3.8) is 0 Å². The zero-order valence-corrected chi connectivity index (χ0v) is 30.9. The number of hydrogen-bond donors (Lipinski definition) is 0. The number of hydrogen-bond acceptors (Lipinski definition) is 3. The SMILES string of the molecule is C1=Cc2oc3c(-c4ccc(N(c5cccc(-c6cccc(-c7cccc8ccccc78)c6)c5)c5cccc6sc7ccccc7c56)cc4)cccc3c2CC1. The van der Waals surface area contributed by atoms with Crippen LogP contribution in [-0.4, -0.2) is 0 Å². The lowest BCUT2D eigenvalue weighted by atomic mass is 9.95. The minimum atomic E-state index is 0.969. The van der Waals surface area contributed by atoms with Crippen LogP contribution in [0, 0.1) is 0 Å². The second-order valence-electron chi connectivity index (χ2n) is 14.4. The first kappa shape index (κ1) is 31.8. The van der Waals surface area contributed by atoms with Gasteiger partial charge in [0.1, 0.15) is 11.3 Å². The third-order valence-electron chi connectivity index (χ3n) is 11.1. The number of furan rings is 1. The molecule has 3 heteroatoms. The van der Waals surface area contributed by atoms with Crippen LogP contribution < -0.4 is 4.90 Å². The van der Waals surface area contributed by atoms with E-state index in [1.807, 2.05) is 11.3 Å². The number of allylic oxidation sites excluding steroid dienone is 1. The molecule has 10 aromatic rings. The quantitative estimate of drug-likeness (QED) is 0.170. The van der Waals surface area contributed by atoms with Crippen molar-refractivity contribution in [2.24, 2.45) is 0 Å². The Morgan fingerprint density at radius 2 is 1.18 bits per heavy atom. The Bertz CT molecular complexity index is 3100. The number of aryl methyl sites for hydroxylation is 1. The highest BCUT2D eigenvalue weighted by molar-refractivity contribution is 7.26. The maximum absolute atomic E-state index is 6.49. The van der Waals surface area contributed by atoms with E-state index in [0.717, 1.165) is 52.4 Å². The zero-order valence-electron chi connectivity index (χ0n) is 30.1. The number of rotatable bonds is 6. The molecule has 0 unspecified atom stereocenters. The summed E-state index contributed by atoms with van der Waals surface area (Å²) in [5.41, 5.74) is 12.7. The van der Waals surface area contributed by atoms with E-state index in [0.29, 0.717) is 0 Å². The number of para-hydroxylation sites is 1. The van der Waals surface area contributed by atoms with Gasteiger partial charge in [0.25, 0.3) is 0 Å². The molecular weight excluding hydrogens is 687 g/mol. The van der Waals surface area contributed by atoms with E-state index >= 15 is 0 Å². The lowest BCUT2D eigenvalue weighted by Crippen LogP contribution is -2.10. The molecule has 0 spiro atoms. The zero-order chi connectivity index (χ0) is 36.3. The average molecular weight is 722 g/mol. The number of nitrogens with zero attached hydrogens (tertiary/aromatic N) is 1. The van der Waals surface area contributed by atoms with Crippen LogP contribution in [0.3, 0.4) is 0 Å². The summed E-state index contributed by atoms with van der Waals surface area (Å²) < 4.78 is 9.06. The first-order valence-electron chi connectivity index (χ1n) is 19.0. The molecule has 55 heavy (non-hydrogen) atoms. The van der Waals surface area contributed by atoms with Crippen LogP contribution in [-0.2, 0) is 6.42 Å². The number of thiophene rings is 1. The summed E-state index contributed by atoms with van der Waals surface area (Å²) in [6, 6.07) is 64.2. The molecule has 11 rings (SSSR count). The highest BCUT2D eigenvalue weighted by Gasteiger charge is 2.21. The van der Waals surface area contributed by atoms with Crippen molar-refractivity contribution in [2.75, 3.05) is 4.90 Å². The third-order valence-corrected chi connectivity index (χ3v) is 12.3. The van der Waals surface area contributed by atoms with E-state index in [1.54, 1.807) is 0 Å². The van der Waals surface area contributed by atoms with Gasteiger partial charge in [-0.05, 0) is 106 Å². The molecule has 1 aliphatic carbocycles. The summed E-state index contributed by atoms with van der Waals surface area (Å²) in [6.07, 6.45) is 6.42. The Morgan fingerprint density at radius 1 is 0.491 bits per heavy atom. The van der Waals surface area contributed by atoms with Gasteiger partial charge < -0.3 is 9.32 Å². The topological polar surface area (TPSA) is 16.4 Å². The van der Waals surface area contributed by atoms with Gasteiger partial charge in [0.15, 0.2) is 0 Å². The van der Waals surface area contributed by atoms with Crippen LogP contribution in [0.5, 0.6) is 0 Å². The molecule has 2 nitrogen and oxygen atoms in total. The lowest BCUT2D eigenvalue weighted by molar-refractivity contribution is 0.596. The maximum Gasteiger partial charge on any atom is 0.142 e. The summed E-state index contributed by atoms with van der Waals surface area (Å²) in [5, 5.41) is 6.29. The highest BCUT2D eigenvalue weighted by atomic mass is 32.1. The second kappa shape index (κ2) is 13.0. The van der Waals surface area contributed by atoms with Crippen LogP contribution in [0.1, 0.15) is 17.7 Å². The highest BCUT2D eigenvalue weighted by Crippen LogP contribution is 2.46. The van der Waals surface area contributed by atoms with E-state index in [2.05, 4.69) is 193 Å². The summed E-state index contributed by atoms with van der Waals surface area (Å²) in [7, 11) is 0. The van der Waals surface area contributed by atoms with E-state index < -0.39 is 0 Å². The van der Waals surface area contributed by atoms with Crippen LogP contribution >= 0.6 is 11.3 Å². The largest absolute Gasteiger partial charge is 0.456 e. The van der Waals surface area contributed by atoms with Crippen molar-refractivity contribution in [1.29, 1.82) is 0 Å². The van der Waals surface area contributed by atoms with Gasteiger partial charge in [-0.2, -0.15) is 0 Å².